The van der Waals surface area contributed by atoms with Crippen LogP contribution in [0, 0.1) is 0 Å². The Bertz CT molecular complexity index is 475. The fourth-order valence-electron chi connectivity index (χ4n) is 1.89. The molecule has 0 bridgehead atoms. The summed E-state index contributed by atoms with van der Waals surface area (Å²) in [5.41, 5.74) is 1.84. The molecule has 116 valence electrons. The van der Waals surface area contributed by atoms with Crippen LogP contribution < -0.4 is 5.32 Å². The van der Waals surface area contributed by atoms with Crippen molar-refractivity contribution in [3.63, 3.8) is 0 Å². The normalized spacial score (nSPS) is 11.6. The molecule has 21 heavy (non-hydrogen) atoms. The molecular formula is C17H25NO3. The standard InChI is InChI=1S/C17H25NO3/c1-17(2,3)21-16(20)18-12-6-10-14-8-4-5-9-15(14)11-7-13-19/h4-5,7-9,11,19H,6,10,12-13H2,1-3H3,(H,18,20). The van der Waals surface area contributed by atoms with Crippen LogP contribution in [-0.4, -0.2) is 30.0 Å². The van der Waals surface area contributed by atoms with Crippen molar-refractivity contribution in [1.29, 1.82) is 0 Å². The number of nitrogens with one attached hydrogen (secondary N) is 1. The van der Waals surface area contributed by atoms with Gasteiger partial charge >= 0.3 is 6.09 Å². The number of amides is 1. The first-order chi connectivity index (χ1) is 9.92. The minimum absolute atomic E-state index is 0.0362. The molecule has 0 aliphatic heterocycles. The highest BCUT2D eigenvalue weighted by Gasteiger charge is 2.15. The number of benzene rings is 1. The molecule has 4 nitrogen and oxygen atoms in total. The van der Waals surface area contributed by atoms with Gasteiger partial charge in [-0.15, -0.1) is 0 Å². The predicted octanol–water partition coefficient (Wildman–Crippen LogP) is 3.15. The summed E-state index contributed by atoms with van der Waals surface area (Å²) in [7, 11) is 0. The van der Waals surface area contributed by atoms with Crippen LogP contribution in [-0.2, 0) is 11.2 Å². The lowest BCUT2D eigenvalue weighted by Crippen LogP contribution is -2.33. The van der Waals surface area contributed by atoms with Crippen LogP contribution in [0.5, 0.6) is 0 Å². The quantitative estimate of drug-likeness (QED) is 0.792. The lowest BCUT2D eigenvalue weighted by molar-refractivity contribution is 0.0527. The third-order valence-electron chi connectivity index (χ3n) is 2.75. The Kier molecular flexibility index (Phi) is 6.96. The van der Waals surface area contributed by atoms with Gasteiger partial charge in [-0.2, -0.15) is 0 Å². The van der Waals surface area contributed by atoms with Gasteiger partial charge in [0.1, 0.15) is 5.60 Å². The molecule has 0 saturated carbocycles. The number of ether oxygens (including phenoxy) is 1. The second-order valence-electron chi connectivity index (χ2n) is 5.82. The Hall–Kier alpha value is -1.81. The van der Waals surface area contributed by atoms with Crippen LogP contribution in [0.15, 0.2) is 30.3 Å². The first-order valence-electron chi connectivity index (χ1n) is 7.24. The van der Waals surface area contributed by atoms with E-state index in [0.717, 1.165) is 18.4 Å². The van der Waals surface area contributed by atoms with Gasteiger partial charge in [0.25, 0.3) is 0 Å². The molecule has 0 fully saturated rings. The van der Waals surface area contributed by atoms with Crippen LogP contribution in [0.1, 0.15) is 38.3 Å². The third-order valence-corrected chi connectivity index (χ3v) is 2.75. The molecule has 0 aliphatic rings. The maximum Gasteiger partial charge on any atom is 0.407 e. The number of rotatable bonds is 6. The van der Waals surface area contributed by atoms with Crippen molar-refractivity contribution in [3.05, 3.63) is 41.5 Å². The molecular weight excluding hydrogens is 266 g/mol. The SMILES string of the molecule is CC(C)(C)OC(=O)NCCCc1ccccc1C=CCO. The summed E-state index contributed by atoms with van der Waals surface area (Å²) in [6, 6.07) is 8.04. The molecule has 0 unspecified atom stereocenters. The first-order valence-corrected chi connectivity index (χ1v) is 7.24. The second-order valence-corrected chi connectivity index (χ2v) is 5.82. The van der Waals surface area contributed by atoms with E-state index in [1.54, 1.807) is 6.08 Å². The summed E-state index contributed by atoms with van der Waals surface area (Å²) in [5.74, 6) is 0. The Morgan fingerprint density at radius 2 is 2.05 bits per heavy atom. The van der Waals surface area contributed by atoms with Gasteiger partial charge in [0, 0.05) is 6.54 Å². The van der Waals surface area contributed by atoms with Gasteiger partial charge in [0.15, 0.2) is 0 Å². The number of alkyl carbamates (subject to hydrolysis) is 1. The molecule has 0 aliphatic carbocycles. The minimum atomic E-state index is -0.466. The molecule has 1 aromatic rings. The lowest BCUT2D eigenvalue weighted by atomic mass is 10.0. The summed E-state index contributed by atoms with van der Waals surface area (Å²) in [4.78, 5) is 11.5. The number of aliphatic hydroxyl groups excluding tert-OH is 1. The van der Waals surface area contributed by atoms with Gasteiger partial charge in [-0.3, -0.25) is 0 Å². The molecule has 2 N–H and O–H groups in total. The summed E-state index contributed by atoms with van der Waals surface area (Å²) in [5, 5.41) is 11.6. The largest absolute Gasteiger partial charge is 0.444 e. The van der Waals surface area contributed by atoms with E-state index >= 15 is 0 Å². The molecule has 0 radical (unpaired) electrons. The molecule has 0 saturated heterocycles. The van der Waals surface area contributed by atoms with Crippen molar-refractivity contribution < 1.29 is 14.6 Å². The molecule has 0 heterocycles. The smallest absolute Gasteiger partial charge is 0.407 e. The topological polar surface area (TPSA) is 58.6 Å². The van der Waals surface area contributed by atoms with Crippen molar-refractivity contribution in [2.75, 3.05) is 13.2 Å². The summed E-state index contributed by atoms with van der Waals surface area (Å²) in [6.07, 6.45) is 4.95. The Labute approximate surface area is 126 Å². The van der Waals surface area contributed by atoms with Crippen LogP contribution in [0.25, 0.3) is 6.08 Å². The van der Waals surface area contributed by atoms with Gasteiger partial charge in [0.05, 0.1) is 6.61 Å². The van der Waals surface area contributed by atoms with Gasteiger partial charge in [-0.25, -0.2) is 4.79 Å². The fourth-order valence-corrected chi connectivity index (χ4v) is 1.89. The minimum Gasteiger partial charge on any atom is -0.444 e. The number of aryl methyl sites for hydroxylation is 1. The summed E-state index contributed by atoms with van der Waals surface area (Å²) in [6.45, 7) is 6.14. The zero-order chi connectivity index (χ0) is 15.7. The third kappa shape index (κ3) is 7.51. The maximum atomic E-state index is 11.5. The summed E-state index contributed by atoms with van der Waals surface area (Å²) < 4.78 is 5.18. The highest BCUT2D eigenvalue weighted by Crippen LogP contribution is 2.13. The second kappa shape index (κ2) is 8.47. The van der Waals surface area contributed by atoms with E-state index in [1.165, 1.54) is 5.56 Å². The number of carbonyl (C=O) groups is 1. The number of hydrogen-bond acceptors (Lipinski definition) is 3. The monoisotopic (exact) mass is 291 g/mol. The average molecular weight is 291 g/mol. The van der Waals surface area contributed by atoms with E-state index in [1.807, 2.05) is 45.0 Å². The zero-order valence-electron chi connectivity index (χ0n) is 13.1. The van der Waals surface area contributed by atoms with Gasteiger partial charge < -0.3 is 15.2 Å². The Balaban J connectivity index is 2.39. The first kappa shape index (κ1) is 17.2. The van der Waals surface area contributed by atoms with Crippen LogP contribution in [0.4, 0.5) is 4.79 Å². The van der Waals surface area contributed by atoms with Crippen molar-refractivity contribution in [3.8, 4) is 0 Å². The van der Waals surface area contributed by atoms with Crippen LogP contribution in [0.2, 0.25) is 0 Å². The zero-order valence-corrected chi connectivity index (χ0v) is 13.1. The van der Waals surface area contributed by atoms with Crippen molar-refractivity contribution in [2.24, 2.45) is 0 Å². The number of carbonyl (C=O) groups excluding carboxylic acids is 1. The lowest BCUT2D eigenvalue weighted by Gasteiger charge is -2.19. The molecule has 0 atom stereocenters. The van der Waals surface area contributed by atoms with E-state index in [-0.39, 0.29) is 12.7 Å². The van der Waals surface area contributed by atoms with E-state index in [4.69, 9.17) is 9.84 Å². The molecule has 1 rings (SSSR count). The predicted molar refractivity (Wildman–Crippen MR) is 85.1 cm³/mol. The Morgan fingerprint density at radius 3 is 2.71 bits per heavy atom. The highest BCUT2D eigenvalue weighted by atomic mass is 16.6. The summed E-state index contributed by atoms with van der Waals surface area (Å²) >= 11 is 0. The maximum absolute atomic E-state index is 11.5. The van der Waals surface area contributed by atoms with E-state index in [0.29, 0.717) is 6.54 Å². The van der Waals surface area contributed by atoms with E-state index in [2.05, 4.69) is 11.4 Å². The number of aliphatic hydroxyl groups is 1. The molecule has 1 aromatic carbocycles. The van der Waals surface area contributed by atoms with E-state index < -0.39 is 5.60 Å². The van der Waals surface area contributed by atoms with E-state index in [9.17, 15) is 4.79 Å². The van der Waals surface area contributed by atoms with Gasteiger partial charge in [0.2, 0.25) is 0 Å². The van der Waals surface area contributed by atoms with Gasteiger partial charge in [-0.05, 0) is 44.7 Å². The van der Waals surface area contributed by atoms with Crippen molar-refractivity contribution in [2.45, 2.75) is 39.2 Å². The fraction of sp³-hybridized carbons (Fsp3) is 0.471. The van der Waals surface area contributed by atoms with Crippen molar-refractivity contribution in [1.82, 2.24) is 5.32 Å². The molecule has 0 aromatic heterocycles. The van der Waals surface area contributed by atoms with Gasteiger partial charge in [-0.1, -0.05) is 36.4 Å². The molecule has 4 heteroatoms. The average Bonchev–Trinajstić information content (AvgIpc) is 2.40. The van der Waals surface area contributed by atoms with Crippen molar-refractivity contribution >= 4 is 12.2 Å². The highest BCUT2D eigenvalue weighted by molar-refractivity contribution is 5.67. The molecule has 0 spiro atoms. The Morgan fingerprint density at radius 1 is 1.33 bits per heavy atom. The van der Waals surface area contributed by atoms with Crippen LogP contribution >= 0.6 is 0 Å². The van der Waals surface area contributed by atoms with Crippen LogP contribution in [0.3, 0.4) is 0 Å². The number of hydrogen-bond donors (Lipinski definition) is 2. The molecule has 1 amide bonds.